The lowest BCUT2D eigenvalue weighted by Crippen LogP contribution is -2.47. The number of benzene rings is 1. The molecule has 0 radical (unpaired) electrons. The summed E-state index contributed by atoms with van der Waals surface area (Å²) < 4.78 is 42.8. The summed E-state index contributed by atoms with van der Waals surface area (Å²) in [7, 11) is 0. The van der Waals surface area contributed by atoms with Gasteiger partial charge >= 0.3 is 6.18 Å². The zero-order valence-corrected chi connectivity index (χ0v) is 7.66. The Bertz CT molecular complexity index is 345. The van der Waals surface area contributed by atoms with Crippen molar-refractivity contribution in [3.8, 4) is 0 Å². The zero-order chi connectivity index (χ0) is 11.1. The lowest BCUT2D eigenvalue weighted by Gasteiger charge is -2.29. The van der Waals surface area contributed by atoms with E-state index in [0.29, 0.717) is 0 Å². The molecule has 0 aliphatic carbocycles. The lowest BCUT2D eigenvalue weighted by molar-refractivity contribution is -0.273. The van der Waals surface area contributed by atoms with Crippen LogP contribution in [0.25, 0.3) is 0 Å². The Morgan fingerprint density at radius 3 is 2.13 bits per heavy atom. The van der Waals surface area contributed by atoms with Crippen molar-refractivity contribution in [2.45, 2.75) is 17.9 Å². The fourth-order valence-electron chi connectivity index (χ4n) is 1.51. The summed E-state index contributed by atoms with van der Waals surface area (Å²) in [6.45, 7) is -0.0646. The van der Waals surface area contributed by atoms with Crippen molar-refractivity contribution in [3.63, 3.8) is 0 Å². The Hall–Kier alpha value is -1.07. The predicted molar refractivity (Wildman–Crippen MR) is 46.1 cm³/mol. The van der Waals surface area contributed by atoms with E-state index < -0.39 is 17.9 Å². The first-order chi connectivity index (χ1) is 6.96. The summed E-state index contributed by atoms with van der Waals surface area (Å²) in [4.78, 5) is 0. The van der Waals surface area contributed by atoms with Gasteiger partial charge in [-0.05, 0) is 5.56 Å². The van der Waals surface area contributed by atoms with Gasteiger partial charge in [-0.3, -0.25) is 0 Å². The van der Waals surface area contributed by atoms with Crippen LogP contribution < -0.4 is 0 Å². The Labute approximate surface area is 84.3 Å². The number of hydrogen-bond acceptors (Lipinski definition) is 2. The van der Waals surface area contributed by atoms with E-state index in [-0.39, 0.29) is 12.2 Å². The molecule has 2 rings (SSSR count). The molecule has 0 saturated carbocycles. The summed E-state index contributed by atoms with van der Waals surface area (Å²) in [5.41, 5.74) is -3.06. The van der Waals surface area contributed by atoms with E-state index in [1.807, 2.05) is 0 Å². The van der Waals surface area contributed by atoms with E-state index in [4.69, 9.17) is 0 Å². The number of ether oxygens (including phenoxy) is 1. The monoisotopic (exact) mass is 218 g/mol. The molecule has 1 aliphatic heterocycles. The third-order valence-corrected chi connectivity index (χ3v) is 2.45. The van der Waals surface area contributed by atoms with Crippen LogP contribution in [0.3, 0.4) is 0 Å². The minimum Gasteiger partial charge on any atom is -0.374 e. The maximum absolute atomic E-state index is 12.8. The van der Waals surface area contributed by atoms with Crippen LogP contribution in [-0.2, 0) is 10.3 Å². The van der Waals surface area contributed by atoms with Crippen molar-refractivity contribution in [1.29, 1.82) is 0 Å². The summed E-state index contributed by atoms with van der Waals surface area (Å²) in [6, 6.07) is 6.99. The van der Waals surface area contributed by atoms with Gasteiger partial charge in [0.05, 0.1) is 6.61 Å². The first-order valence-electron chi connectivity index (χ1n) is 4.42. The molecule has 1 fully saturated rings. The average Bonchev–Trinajstić information content (AvgIpc) is 2.99. The van der Waals surface area contributed by atoms with E-state index in [9.17, 15) is 18.3 Å². The van der Waals surface area contributed by atoms with Gasteiger partial charge in [0.1, 0.15) is 6.10 Å². The molecule has 1 N–H and O–H groups in total. The molecule has 2 nitrogen and oxygen atoms in total. The molecule has 1 aliphatic rings. The minimum absolute atomic E-state index is 0.0646. The quantitative estimate of drug-likeness (QED) is 0.768. The Balaban J connectivity index is 2.44. The summed E-state index contributed by atoms with van der Waals surface area (Å²) in [5.74, 6) is 0. The van der Waals surface area contributed by atoms with Crippen molar-refractivity contribution in [1.82, 2.24) is 0 Å². The van der Waals surface area contributed by atoms with Gasteiger partial charge in [0.25, 0.3) is 0 Å². The standard InChI is InChI=1S/C10H9F3O2/c11-10(12,13)9(14,8-6-15-8)7-4-2-1-3-5-7/h1-5,8,14H,6H2/t8-,9+/m0/s1. The first-order valence-corrected chi connectivity index (χ1v) is 4.42. The van der Waals surface area contributed by atoms with Gasteiger partial charge in [-0.1, -0.05) is 30.3 Å². The lowest BCUT2D eigenvalue weighted by atomic mass is 9.90. The van der Waals surface area contributed by atoms with Gasteiger partial charge in [-0.25, -0.2) is 0 Å². The number of halogens is 3. The summed E-state index contributed by atoms with van der Waals surface area (Å²) >= 11 is 0. The van der Waals surface area contributed by atoms with Crippen molar-refractivity contribution < 1.29 is 23.0 Å². The molecular formula is C10H9F3O2. The first kappa shape index (κ1) is 10.4. The van der Waals surface area contributed by atoms with E-state index in [2.05, 4.69) is 4.74 Å². The molecule has 0 aromatic heterocycles. The van der Waals surface area contributed by atoms with E-state index in [0.717, 1.165) is 0 Å². The molecule has 2 atom stereocenters. The van der Waals surface area contributed by atoms with Gasteiger partial charge in [0.2, 0.25) is 5.60 Å². The normalized spacial score (nSPS) is 24.7. The summed E-state index contributed by atoms with van der Waals surface area (Å²) in [6.07, 6.45) is -5.91. The second kappa shape index (κ2) is 3.21. The van der Waals surface area contributed by atoms with E-state index >= 15 is 0 Å². The van der Waals surface area contributed by atoms with Crippen LogP contribution in [-0.4, -0.2) is 24.0 Å². The number of aliphatic hydroxyl groups is 1. The molecule has 1 saturated heterocycles. The molecule has 0 spiro atoms. The van der Waals surface area contributed by atoms with E-state index in [1.165, 1.54) is 24.3 Å². The fraction of sp³-hybridized carbons (Fsp3) is 0.400. The smallest absolute Gasteiger partial charge is 0.374 e. The van der Waals surface area contributed by atoms with Gasteiger partial charge in [-0.15, -0.1) is 0 Å². The minimum atomic E-state index is -4.73. The van der Waals surface area contributed by atoms with Crippen molar-refractivity contribution >= 4 is 0 Å². The maximum atomic E-state index is 12.8. The molecule has 82 valence electrons. The SMILES string of the molecule is O[C@](c1ccccc1)([C@@H]1CO1)C(F)(F)F. The van der Waals surface area contributed by atoms with Crippen molar-refractivity contribution in [2.24, 2.45) is 0 Å². The Morgan fingerprint density at radius 2 is 1.73 bits per heavy atom. The van der Waals surface area contributed by atoms with E-state index in [1.54, 1.807) is 6.07 Å². The van der Waals surface area contributed by atoms with Gasteiger partial charge < -0.3 is 9.84 Å². The third-order valence-electron chi connectivity index (χ3n) is 2.45. The van der Waals surface area contributed by atoms with Crippen LogP contribution in [0, 0.1) is 0 Å². The van der Waals surface area contributed by atoms with Crippen LogP contribution >= 0.6 is 0 Å². The third kappa shape index (κ3) is 1.61. The predicted octanol–water partition coefficient (Wildman–Crippen LogP) is 1.84. The second-order valence-corrected chi connectivity index (χ2v) is 3.45. The topological polar surface area (TPSA) is 32.8 Å². The van der Waals surface area contributed by atoms with Crippen LogP contribution in [0.4, 0.5) is 13.2 Å². The largest absolute Gasteiger partial charge is 0.424 e. The van der Waals surface area contributed by atoms with Crippen LogP contribution in [0.2, 0.25) is 0 Å². The van der Waals surface area contributed by atoms with Gasteiger partial charge in [0.15, 0.2) is 0 Å². The highest BCUT2D eigenvalue weighted by Gasteiger charge is 2.64. The molecule has 0 amide bonds. The molecule has 1 aromatic rings. The van der Waals surface area contributed by atoms with Gasteiger partial charge in [0, 0.05) is 0 Å². The van der Waals surface area contributed by atoms with Gasteiger partial charge in [-0.2, -0.15) is 13.2 Å². The van der Waals surface area contributed by atoms with Crippen LogP contribution in [0.5, 0.6) is 0 Å². The van der Waals surface area contributed by atoms with Crippen LogP contribution in [0.15, 0.2) is 30.3 Å². The Kier molecular flexibility index (Phi) is 2.24. The Morgan fingerprint density at radius 1 is 1.20 bits per heavy atom. The molecule has 1 heterocycles. The molecule has 15 heavy (non-hydrogen) atoms. The highest BCUT2D eigenvalue weighted by atomic mass is 19.4. The van der Waals surface area contributed by atoms with Crippen molar-refractivity contribution in [2.75, 3.05) is 6.61 Å². The van der Waals surface area contributed by atoms with Crippen LogP contribution in [0.1, 0.15) is 5.56 Å². The molecule has 5 heteroatoms. The van der Waals surface area contributed by atoms with Crippen molar-refractivity contribution in [3.05, 3.63) is 35.9 Å². The summed E-state index contributed by atoms with van der Waals surface area (Å²) in [5, 5.41) is 9.71. The average molecular weight is 218 g/mol. The zero-order valence-electron chi connectivity index (χ0n) is 7.66. The maximum Gasteiger partial charge on any atom is 0.424 e. The highest BCUT2D eigenvalue weighted by Crippen LogP contribution is 2.46. The number of rotatable bonds is 2. The number of alkyl halides is 3. The molecule has 0 unspecified atom stereocenters. The molecule has 1 aromatic carbocycles. The second-order valence-electron chi connectivity index (χ2n) is 3.45. The number of hydrogen-bond donors (Lipinski definition) is 1. The molecule has 0 bridgehead atoms. The highest BCUT2D eigenvalue weighted by molar-refractivity contribution is 5.27. The molecular weight excluding hydrogens is 209 g/mol. The number of epoxide rings is 1. The fourth-order valence-corrected chi connectivity index (χ4v) is 1.51.